The van der Waals surface area contributed by atoms with Gasteiger partial charge in [0, 0.05) is 12.6 Å². The lowest BCUT2D eigenvalue weighted by Crippen LogP contribution is -2.54. The van der Waals surface area contributed by atoms with Crippen LogP contribution in [-0.2, 0) is 11.2 Å². The summed E-state index contributed by atoms with van der Waals surface area (Å²) in [5.74, 6) is 0. The molecule has 2 aliphatic carbocycles. The second kappa shape index (κ2) is 4.60. The van der Waals surface area contributed by atoms with Crippen molar-refractivity contribution in [2.75, 3.05) is 6.54 Å². The molecule has 1 spiro atoms. The Balaban J connectivity index is 1.62. The summed E-state index contributed by atoms with van der Waals surface area (Å²) in [6.45, 7) is 1.06. The van der Waals surface area contributed by atoms with Gasteiger partial charge in [-0.05, 0) is 30.4 Å². The van der Waals surface area contributed by atoms with Crippen molar-refractivity contribution in [3.8, 4) is 0 Å². The van der Waals surface area contributed by atoms with Crippen molar-refractivity contribution in [3.63, 3.8) is 0 Å². The highest BCUT2D eigenvalue weighted by atomic mass is 16.5. The van der Waals surface area contributed by atoms with Crippen LogP contribution in [0.2, 0.25) is 0 Å². The predicted molar refractivity (Wildman–Crippen MR) is 76.2 cm³/mol. The van der Waals surface area contributed by atoms with E-state index in [9.17, 15) is 0 Å². The molecular formula is C17H23NO. The zero-order valence-corrected chi connectivity index (χ0v) is 11.5. The molecule has 2 nitrogen and oxygen atoms in total. The van der Waals surface area contributed by atoms with E-state index in [1.54, 1.807) is 0 Å². The number of hydrogen-bond donors (Lipinski definition) is 1. The third kappa shape index (κ3) is 2.02. The van der Waals surface area contributed by atoms with Gasteiger partial charge >= 0.3 is 0 Å². The number of rotatable bonds is 0. The molecule has 1 aliphatic heterocycles. The van der Waals surface area contributed by atoms with Crippen LogP contribution in [0, 0.1) is 0 Å². The second-order valence-corrected chi connectivity index (χ2v) is 6.53. The molecule has 2 fully saturated rings. The molecule has 1 saturated heterocycles. The fourth-order valence-electron chi connectivity index (χ4n) is 4.18. The maximum Gasteiger partial charge on any atom is 0.0991 e. The lowest BCUT2D eigenvalue weighted by molar-refractivity contribution is -0.140. The monoisotopic (exact) mass is 257 g/mol. The topological polar surface area (TPSA) is 21.3 Å². The van der Waals surface area contributed by atoms with Gasteiger partial charge in [-0.3, -0.25) is 0 Å². The first-order valence-electron chi connectivity index (χ1n) is 7.85. The van der Waals surface area contributed by atoms with Crippen LogP contribution in [0.4, 0.5) is 0 Å². The molecule has 2 unspecified atom stereocenters. The van der Waals surface area contributed by atoms with Gasteiger partial charge in [-0.15, -0.1) is 0 Å². The van der Waals surface area contributed by atoms with E-state index in [0.29, 0.717) is 12.1 Å². The van der Waals surface area contributed by atoms with Gasteiger partial charge in [0.1, 0.15) is 0 Å². The fourth-order valence-corrected chi connectivity index (χ4v) is 4.18. The summed E-state index contributed by atoms with van der Waals surface area (Å²) in [5.41, 5.74) is 3.04. The van der Waals surface area contributed by atoms with Crippen LogP contribution in [-0.4, -0.2) is 18.2 Å². The second-order valence-electron chi connectivity index (χ2n) is 6.53. The van der Waals surface area contributed by atoms with Crippen LogP contribution in [0.15, 0.2) is 24.3 Å². The average molecular weight is 257 g/mol. The summed E-state index contributed by atoms with van der Waals surface area (Å²) in [6.07, 6.45) is 9.35. The molecule has 0 radical (unpaired) electrons. The Morgan fingerprint density at radius 1 is 1.05 bits per heavy atom. The first-order chi connectivity index (χ1) is 9.36. The van der Waals surface area contributed by atoms with Crippen LogP contribution < -0.4 is 5.32 Å². The van der Waals surface area contributed by atoms with Crippen molar-refractivity contribution in [2.45, 2.75) is 62.7 Å². The van der Waals surface area contributed by atoms with E-state index in [2.05, 4.69) is 29.6 Å². The van der Waals surface area contributed by atoms with Gasteiger partial charge < -0.3 is 10.1 Å². The van der Waals surface area contributed by atoms with E-state index in [1.807, 2.05) is 0 Å². The largest absolute Gasteiger partial charge is 0.364 e. The minimum absolute atomic E-state index is 0.120. The van der Waals surface area contributed by atoms with Crippen molar-refractivity contribution >= 4 is 0 Å². The first kappa shape index (κ1) is 11.9. The van der Waals surface area contributed by atoms with Gasteiger partial charge in [0.05, 0.1) is 11.7 Å². The molecule has 0 amide bonds. The molecule has 2 atom stereocenters. The van der Waals surface area contributed by atoms with Gasteiger partial charge in [-0.25, -0.2) is 0 Å². The number of morpholine rings is 1. The molecular weight excluding hydrogens is 234 g/mol. The summed E-state index contributed by atoms with van der Waals surface area (Å²) in [4.78, 5) is 0. The zero-order valence-electron chi connectivity index (χ0n) is 11.5. The molecule has 19 heavy (non-hydrogen) atoms. The minimum Gasteiger partial charge on any atom is -0.364 e. The average Bonchev–Trinajstić information content (AvgIpc) is 2.64. The summed E-state index contributed by atoms with van der Waals surface area (Å²) >= 11 is 0. The van der Waals surface area contributed by atoms with Gasteiger partial charge in [0.25, 0.3) is 0 Å². The predicted octanol–water partition coefficient (Wildman–Crippen LogP) is 3.37. The summed E-state index contributed by atoms with van der Waals surface area (Å²) in [5, 5.41) is 3.79. The molecule has 1 heterocycles. The molecule has 4 rings (SSSR count). The van der Waals surface area contributed by atoms with E-state index >= 15 is 0 Å². The molecule has 2 heteroatoms. The van der Waals surface area contributed by atoms with Crippen LogP contribution in [0.3, 0.4) is 0 Å². The van der Waals surface area contributed by atoms with Crippen molar-refractivity contribution in [2.24, 2.45) is 0 Å². The summed E-state index contributed by atoms with van der Waals surface area (Å²) in [6, 6.07) is 9.33. The highest BCUT2D eigenvalue weighted by Crippen LogP contribution is 2.43. The van der Waals surface area contributed by atoms with Gasteiger partial charge in [0.2, 0.25) is 0 Å². The van der Waals surface area contributed by atoms with Gasteiger partial charge in [0.15, 0.2) is 0 Å². The van der Waals surface area contributed by atoms with Crippen molar-refractivity contribution in [1.82, 2.24) is 5.32 Å². The molecule has 0 aromatic heterocycles. The van der Waals surface area contributed by atoms with E-state index in [-0.39, 0.29) is 5.60 Å². The molecule has 1 aromatic rings. The maximum absolute atomic E-state index is 6.68. The van der Waals surface area contributed by atoms with Crippen LogP contribution in [0.5, 0.6) is 0 Å². The lowest BCUT2D eigenvalue weighted by Gasteiger charge is -2.43. The van der Waals surface area contributed by atoms with Crippen LogP contribution in [0.1, 0.15) is 55.8 Å². The maximum atomic E-state index is 6.68. The summed E-state index contributed by atoms with van der Waals surface area (Å²) in [7, 11) is 0. The first-order valence-corrected chi connectivity index (χ1v) is 7.85. The Bertz CT molecular complexity index is 462. The Kier molecular flexibility index (Phi) is 2.89. The van der Waals surface area contributed by atoms with Gasteiger partial charge in [-0.2, -0.15) is 0 Å². The Hall–Kier alpha value is -0.860. The van der Waals surface area contributed by atoms with Crippen molar-refractivity contribution in [1.29, 1.82) is 0 Å². The zero-order chi connectivity index (χ0) is 12.7. The number of fused-ring (bicyclic) bond motifs is 3. The Morgan fingerprint density at radius 3 is 2.68 bits per heavy atom. The smallest absolute Gasteiger partial charge is 0.0991 e. The molecule has 1 N–H and O–H groups in total. The normalized spacial score (nSPS) is 32.6. The third-order valence-electron chi connectivity index (χ3n) is 5.25. The Labute approximate surface area is 115 Å². The SMILES string of the molecule is c1ccc2c(c1)CC1NCC3(CCCCCC3)OC21. The molecule has 1 aromatic carbocycles. The van der Waals surface area contributed by atoms with Crippen LogP contribution >= 0.6 is 0 Å². The standard InChI is InChI=1S/C17H23NO/c1-2-6-10-17(9-5-1)12-18-15-11-13-7-3-4-8-14(13)16(15)19-17/h3-4,7-8,15-16,18H,1-2,5-6,9-12H2. The highest BCUT2D eigenvalue weighted by Gasteiger charge is 2.45. The van der Waals surface area contributed by atoms with E-state index < -0.39 is 0 Å². The molecule has 0 bridgehead atoms. The number of ether oxygens (including phenoxy) is 1. The number of hydrogen-bond acceptors (Lipinski definition) is 2. The molecule has 1 saturated carbocycles. The number of nitrogens with one attached hydrogen (secondary N) is 1. The van der Waals surface area contributed by atoms with Crippen molar-refractivity contribution < 1.29 is 4.74 Å². The summed E-state index contributed by atoms with van der Waals surface area (Å²) < 4.78 is 6.68. The number of benzene rings is 1. The van der Waals surface area contributed by atoms with E-state index in [0.717, 1.165) is 13.0 Å². The van der Waals surface area contributed by atoms with Crippen LogP contribution in [0.25, 0.3) is 0 Å². The lowest BCUT2D eigenvalue weighted by atomic mass is 9.90. The third-order valence-corrected chi connectivity index (χ3v) is 5.25. The van der Waals surface area contributed by atoms with E-state index in [4.69, 9.17) is 4.74 Å². The molecule has 102 valence electrons. The van der Waals surface area contributed by atoms with E-state index in [1.165, 1.54) is 49.7 Å². The van der Waals surface area contributed by atoms with Gasteiger partial charge in [-0.1, -0.05) is 49.9 Å². The van der Waals surface area contributed by atoms with Crippen molar-refractivity contribution in [3.05, 3.63) is 35.4 Å². The quantitative estimate of drug-likeness (QED) is 0.769. The fraction of sp³-hybridized carbons (Fsp3) is 0.647. The highest BCUT2D eigenvalue weighted by molar-refractivity contribution is 5.36. The minimum atomic E-state index is 0.120. The molecule has 3 aliphatic rings. The Morgan fingerprint density at radius 2 is 1.84 bits per heavy atom.